The Kier molecular flexibility index (Phi) is 3.57. The zero-order valence-electron chi connectivity index (χ0n) is 10.0. The summed E-state index contributed by atoms with van der Waals surface area (Å²) >= 11 is 0. The molecule has 0 radical (unpaired) electrons. The van der Waals surface area contributed by atoms with E-state index in [1.165, 1.54) is 6.07 Å². The number of non-ortho nitro benzene ring substituents is 1. The van der Waals surface area contributed by atoms with Crippen LogP contribution in [0.5, 0.6) is 0 Å². The molecule has 0 aliphatic heterocycles. The van der Waals surface area contributed by atoms with Gasteiger partial charge in [0, 0.05) is 43.3 Å². The molecule has 18 heavy (non-hydrogen) atoms. The minimum absolute atomic E-state index is 0.118. The third-order valence-electron chi connectivity index (χ3n) is 2.67. The van der Waals surface area contributed by atoms with Crippen molar-refractivity contribution in [2.45, 2.75) is 13.5 Å². The average molecular weight is 246 g/mol. The molecule has 1 aromatic carbocycles. The van der Waals surface area contributed by atoms with Gasteiger partial charge in [0.1, 0.15) is 0 Å². The SMILES string of the molecule is Cc1cc([N+](=O)[O-])ccc1NCCn1ccnc1. The van der Waals surface area contributed by atoms with E-state index in [1.807, 2.05) is 17.7 Å². The normalized spacial score (nSPS) is 10.3. The van der Waals surface area contributed by atoms with Gasteiger partial charge in [-0.05, 0) is 18.6 Å². The first-order chi connectivity index (χ1) is 8.66. The van der Waals surface area contributed by atoms with E-state index in [1.54, 1.807) is 24.7 Å². The summed E-state index contributed by atoms with van der Waals surface area (Å²) in [6, 6.07) is 4.81. The third kappa shape index (κ3) is 2.85. The number of nitro groups is 1. The van der Waals surface area contributed by atoms with E-state index in [0.29, 0.717) is 0 Å². The number of imidazole rings is 1. The van der Waals surface area contributed by atoms with Gasteiger partial charge in [0.2, 0.25) is 0 Å². The number of anilines is 1. The molecule has 1 N–H and O–H groups in total. The Balaban J connectivity index is 1.95. The maximum absolute atomic E-state index is 10.6. The monoisotopic (exact) mass is 246 g/mol. The Labute approximate surface area is 104 Å². The molecule has 6 heteroatoms. The quantitative estimate of drug-likeness (QED) is 0.648. The highest BCUT2D eigenvalue weighted by molar-refractivity contribution is 5.55. The van der Waals surface area contributed by atoms with E-state index in [0.717, 1.165) is 24.3 Å². The third-order valence-corrected chi connectivity index (χ3v) is 2.67. The molecule has 0 bridgehead atoms. The molecule has 0 saturated carbocycles. The molecule has 2 aromatic rings. The number of hydrogen-bond acceptors (Lipinski definition) is 4. The van der Waals surface area contributed by atoms with Crippen LogP contribution in [0.2, 0.25) is 0 Å². The second kappa shape index (κ2) is 5.31. The summed E-state index contributed by atoms with van der Waals surface area (Å²) in [5.74, 6) is 0. The number of rotatable bonds is 5. The van der Waals surface area contributed by atoms with Gasteiger partial charge in [0.25, 0.3) is 5.69 Å². The van der Waals surface area contributed by atoms with Gasteiger partial charge in [-0.25, -0.2) is 4.98 Å². The molecule has 0 aliphatic rings. The van der Waals surface area contributed by atoms with Gasteiger partial charge in [0.15, 0.2) is 0 Å². The Hall–Kier alpha value is -2.37. The number of aryl methyl sites for hydroxylation is 1. The molecule has 94 valence electrons. The number of hydrogen-bond donors (Lipinski definition) is 1. The molecule has 0 spiro atoms. The molecule has 1 aromatic heterocycles. The smallest absolute Gasteiger partial charge is 0.269 e. The molecule has 0 amide bonds. The minimum atomic E-state index is -0.387. The van der Waals surface area contributed by atoms with Crippen molar-refractivity contribution in [2.75, 3.05) is 11.9 Å². The van der Waals surface area contributed by atoms with E-state index in [4.69, 9.17) is 0 Å². The fourth-order valence-corrected chi connectivity index (χ4v) is 1.70. The summed E-state index contributed by atoms with van der Waals surface area (Å²) in [5.41, 5.74) is 1.91. The van der Waals surface area contributed by atoms with Gasteiger partial charge in [-0.3, -0.25) is 10.1 Å². The van der Waals surface area contributed by atoms with Crippen LogP contribution in [0.4, 0.5) is 11.4 Å². The fourth-order valence-electron chi connectivity index (χ4n) is 1.70. The van der Waals surface area contributed by atoms with Gasteiger partial charge in [-0.1, -0.05) is 0 Å². The molecule has 0 fully saturated rings. The van der Waals surface area contributed by atoms with Crippen LogP contribution in [0, 0.1) is 17.0 Å². The van der Waals surface area contributed by atoms with Crippen molar-refractivity contribution in [3.05, 3.63) is 52.6 Å². The highest BCUT2D eigenvalue weighted by atomic mass is 16.6. The molecule has 1 heterocycles. The molecule has 0 aliphatic carbocycles. The summed E-state index contributed by atoms with van der Waals surface area (Å²) in [4.78, 5) is 14.2. The van der Waals surface area contributed by atoms with E-state index < -0.39 is 0 Å². The number of aromatic nitrogens is 2. The summed E-state index contributed by atoms with van der Waals surface area (Å²) in [7, 11) is 0. The first kappa shape index (κ1) is 12.1. The number of benzene rings is 1. The Morgan fingerprint density at radius 2 is 2.33 bits per heavy atom. The van der Waals surface area contributed by atoms with Crippen molar-refractivity contribution in [2.24, 2.45) is 0 Å². The Morgan fingerprint density at radius 3 is 2.94 bits per heavy atom. The second-order valence-corrected chi connectivity index (χ2v) is 3.98. The van der Waals surface area contributed by atoms with Crippen molar-refractivity contribution >= 4 is 11.4 Å². The van der Waals surface area contributed by atoms with Crippen molar-refractivity contribution in [3.63, 3.8) is 0 Å². The lowest BCUT2D eigenvalue weighted by Gasteiger charge is -2.09. The highest BCUT2D eigenvalue weighted by Gasteiger charge is 2.07. The zero-order valence-corrected chi connectivity index (χ0v) is 10.0. The Morgan fingerprint density at radius 1 is 1.50 bits per heavy atom. The lowest BCUT2D eigenvalue weighted by molar-refractivity contribution is -0.384. The van der Waals surface area contributed by atoms with Crippen LogP contribution in [-0.2, 0) is 6.54 Å². The molecule has 2 rings (SSSR count). The van der Waals surface area contributed by atoms with Crippen LogP contribution >= 0.6 is 0 Å². The summed E-state index contributed by atoms with van der Waals surface area (Å²) in [5, 5.41) is 13.9. The average Bonchev–Trinajstić information content (AvgIpc) is 2.84. The van der Waals surface area contributed by atoms with Crippen LogP contribution in [-0.4, -0.2) is 21.0 Å². The molecule has 0 atom stereocenters. The maximum Gasteiger partial charge on any atom is 0.269 e. The van der Waals surface area contributed by atoms with Gasteiger partial charge in [-0.2, -0.15) is 0 Å². The lowest BCUT2D eigenvalue weighted by Crippen LogP contribution is -2.10. The van der Waals surface area contributed by atoms with Gasteiger partial charge >= 0.3 is 0 Å². The summed E-state index contributed by atoms with van der Waals surface area (Å²) in [6.07, 6.45) is 5.38. The van der Waals surface area contributed by atoms with E-state index in [2.05, 4.69) is 10.3 Å². The first-order valence-electron chi connectivity index (χ1n) is 5.61. The van der Waals surface area contributed by atoms with Gasteiger partial charge in [0.05, 0.1) is 11.3 Å². The summed E-state index contributed by atoms with van der Waals surface area (Å²) in [6.45, 7) is 3.40. The van der Waals surface area contributed by atoms with Crippen LogP contribution in [0.1, 0.15) is 5.56 Å². The molecule has 0 saturated heterocycles. The number of nitrogens with zero attached hydrogens (tertiary/aromatic N) is 3. The van der Waals surface area contributed by atoms with Crippen LogP contribution in [0.3, 0.4) is 0 Å². The standard InChI is InChI=1S/C12H14N4O2/c1-10-8-11(16(17)18)2-3-12(10)14-5-7-15-6-4-13-9-15/h2-4,6,8-9,14H,5,7H2,1H3. The van der Waals surface area contributed by atoms with E-state index in [9.17, 15) is 10.1 Å². The summed E-state index contributed by atoms with van der Waals surface area (Å²) < 4.78 is 1.97. The molecular weight excluding hydrogens is 232 g/mol. The van der Waals surface area contributed by atoms with Crippen molar-refractivity contribution < 1.29 is 4.92 Å². The lowest BCUT2D eigenvalue weighted by atomic mass is 10.2. The molecule has 0 unspecified atom stereocenters. The fraction of sp³-hybridized carbons (Fsp3) is 0.250. The molecule has 6 nitrogen and oxygen atoms in total. The predicted molar refractivity (Wildman–Crippen MR) is 68.6 cm³/mol. The first-order valence-corrected chi connectivity index (χ1v) is 5.61. The number of nitrogens with one attached hydrogen (secondary N) is 1. The van der Waals surface area contributed by atoms with Gasteiger partial charge in [-0.15, -0.1) is 0 Å². The minimum Gasteiger partial charge on any atom is -0.383 e. The topological polar surface area (TPSA) is 73.0 Å². The largest absolute Gasteiger partial charge is 0.383 e. The van der Waals surface area contributed by atoms with Crippen LogP contribution in [0.15, 0.2) is 36.9 Å². The van der Waals surface area contributed by atoms with Crippen molar-refractivity contribution in [1.29, 1.82) is 0 Å². The van der Waals surface area contributed by atoms with Crippen LogP contribution in [0.25, 0.3) is 0 Å². The maximum atomic E-state index is 10.6. The number of nitro benzene ring substituents is 1. The van der Waals surface area contributed by atoms with Crippen molar-refractivity contribution in [3.8, 4) is 0 Å². The van der Waals surface area contributed by atoms with Gasteiger partial charge < -0.3 is 9.88 Å². The predicted octanol–water partition coefficient (Wildman–Crippen LogP) is 2.21. The van der Waals surface area contributed by atoms with Crippen molar-refractivity contribution in [1.82, 2.24) is 9.55 Å². The van der Waals surface area contributed by atoms with Crippen LogP contribution < -0.4 is 5.32 Å². The molecular formula is C12H14N4O2. The highest BCUT2D eigenvalue weighted by Crippen LogP contribution is 2.20. The Bertz CT molecular complexity index is 537. The second-order valence-electron chi connectivity index (χ2n) is 3.98. The van der Waals surface area contributed by atoms with E-state index >= 15 is 0 Å². The van der Waals surface area contributed by atoms with E-state index in [-0.39, 0.29) is 10.6 Å². The zero-order chi connectivity index (χ0) is 13.0.